The van der Waals surface area contributed by atoms with Gasteiger partial charge < -0.3 is 20.9 Å². The van der Waals surface area contributed by atoms with E-state index in [1.807, 2.05) is 0 Å². The first-order valence-electron chi connectivity index (χ1n) is 8.68. The van der Waals surface area contributed by atoms with Gasteiger partial charge in [-0.05, 0) is 62.1 Å². The predicted molar refractivity (Wildman–Crippen MR) is 108 cm³/mol. The third-order valence-electron chi connectivity index (χ3n) is 4.50. The molecule has 0 spiro atoms. The number of benzene rings is 1. The average molecular weight is 385 g/mol. The van der Waals surface area contributed by atoms with Crippen LogP contribution in [0.1, 0.15) is 36.9 Å². The number of nitrogens with one attached hydrogen (secondary N) is 2. The zero-order valence-corrected chi connectivity index (χ0v) is 15.7. The molecule has 1 aliphatic rings. The summed E-state index contributed by atoms with van der Waals surface area (Å²) in [6.45, 7) is 0. The molecule has 1 heterocycles. The van der Waals surface area contributed by atoms with E-state index in [1.54, 1.807) is 42.6 Å². The molecule has 0 radical (unpaired) electrons. The summed E-state index contributed by atoms with van der Waals surface area (Å²) in [5.74, 6) is 1.34. The molecule has 1 saturated carbocycles. The van der Waals surface area contributed by atoms with Crippen LogP contribution < -0.4 is 20.9 Å². The van der Waals surface area contributed by atoms with Crippen LogP contribution in [0, 0.1) is 10.8 Å². The molecule has 0 unspecified atom stereocenters. The molecular formula is C19H23N5O2S. The molecule has 3 rings (SSSR count). The zero-order chi connectivity index (χ0) is 19.4. The van der Waals surface area contributed by atoms with Gasteiger partial charge in [0, 0.05) is 5.56 Å². The molecule has 0 saturated heterocycles. The summed E-state index contributed by atoms with van der Waals surface area (Å²) < 4.78 is 12.0. The maximum absolute atomic E-state index is 7.43. The second-order valence-electron chi connectivity index (χ2n) is 6.60. The summed E-state index contributed by atoms with van der Waals surface area (Å²) in [5.41, 5.74) is 12.0. The molecule has 1 aromatic heterocycles. The highest BCUT2D eigenvalue weighted by molar-refractivity contribution is 7.81. The Labute approximate surface area is 163 Å². The molecular weight excluding hydrogens is 362 g/mol. The first kappa shape index (κ1) is 19.0. The maximum Gasteiger partial charge on any atom is 0.152 e. The lowest BCUT2D eigenvalue weighted by atomic mass is 9.94. The lowest BCUT2D eigenvalue weighted by Gasteiger charge is -2.36. The summed E-state index contributed by atoms with van der Waals surface area (Å²) >= 11 is 4.74. The van der Waals surface area contributed by atoms with Gasteiger partial charge in [0.05, 0.1) is 12.3 Å². The van der Waals surface area contributed by atoms with Gasteiger partial charge in [0.1, 0.15) is 28.9 Å². The van der Waals surface area contributed by atoms with Crippen molar-refractivity contribution in [1.29, 1.82) is 10.8 Å². The van der Waals surface area contributed by atoms with Crippen LogP contribution in [0.25, 0.3) is 0 Å². The maximum atomic E-state index is 7.43. The Morgan fingerprint density at radius 3 is 2.15 bits per heavy atom. The predicted octanol–water partition coefficient (Wildman–Crippen LogP) is 2.68. The quantitative estimate of drug-likeness (QED) is 0.226. The third kappa shape index (κ3) is 4.91. The van der Waals surface area contributed by atoms with Gasteiger partial charge in [-0.25, -0.2) is 4.98 Å². The fraction of sp³-hybridized carbons (Fsp3) is 0.316. The second-order valence-corrected chi connectivity index (χ2v) is 7.41. The number of hydrogen-bond donors (Lipinski definition) is 5. The topological polar surface area (TPSA) is 131 Å². The molecule has 2 aromatic rings. The van der Waals surface area contributed by atoms with Crippen molar-refractivity contribution in [2.24, 2.45) is 11.5 Å². The minimum atomic E-state index is -0.547. The van der Waals surface area contributed by atoms with Crippen LogP contribution in [-0.2, 0) is 0 Å². The Hall–Kier alpha value is -2.74. The van der Waals surface area contributed by atoms with E-state index in [4.69, 9.17) is 44.4 Å². The highest BCUT2D eigenvalue weighted by Gasteiger charge is 2.35. The standard InChI is InChI=1S/C19H23N5O2S/c20-17(21)12-1-3-14(4-2-12)26-19(27)9-7-13(8-10-19)25-15-5-6-16(18(22)23)24-11-15/h1-6,11,13,27H,7-10H2,(H3,20,21)(H3,22,23). The molecule has 0 atom stereocenters. The van der Waals surface area contributed by atoms with E-state index in [0.29, 0.717) is 22.8 Å². The van der Waals surface area contributed by atoms with E-state index in [-0.39, 0.29) is 17.8 Å². The first-order valence-corrected chi connectivity index (χ1v) is 9.12. The Bertz CT molecular complexity index is 815. The van der Waals surface area contributed by atoms with Gasteiger partial charge in [0.2, 0.25) is 0 Å². The molecule has 0 amide bonds. The molecule has 27 heavy (non-hydrogen) atoms. The van der Waals surface area contributed by atoms with E-state index in [2.05, 4.69) is 4.98 Å². The number of pyridine rings is 1. The van der Waals surface area contributed by atoms with Crippen molar-refractivity contribution in [3.05, 3.63) is 53.9 Å². The van der Waals surface area contributed by atoms with Gasteiger partial charge in [-0.15, -0.1) is 12.6 Å². The van der Waals surface area contributed by atoms with Crippen LogP contribution in [0.4, 0.5) is 0 Å². The van der Waals surface area contributed by atoms with Gasteiger partial charge >= 0.3 is 0 Å². The zero-order valence-electron chi connectivity index (χ0n) is 14.8. The van der Waals surface area contributed by atoms with E-state index < -0.39 is 4.93 Å². The summed E-state index contributed by atoms with van der Waals surface area (Å²) in [6.07, 6.45) is 4.76. The van der Waals surface area contributed by atoms with E-state index in [0.717, 1.165) is 25.7 Å². The Balaban J connectivity index is 1.54. The number of ether oxygens (including phenoxy) is 2. The monoisotopic (exact) mass is 385 g/mol. The molecule has 1 aliphatic carbocycles. The van der Waals surface area contributed by atoms with Crippen molar-refractivity contribution in [2.45, 2.75) is 36.7 Å². The summed E-state index contributed by atoms with van der Waals surface area (Å²) in [6, 6.07) is 10.6. The number of thiol groups is 1. The van der Waals surface area contributed by atoms with Crippen LogP contribution >= 0.6 is 12.6 Å². The SMILES string of the molecule is N=C(N)c1ccc(OC2(S)CCC(Oc3ccc(C(=N)N)nc3)CC2)cc1. The third-order valence-corrected chi connectivity index (χ3v) is 5.04. The molecule has 0 bridgehead atoms. The number of amidine groups is 2. The minimum absolute atomic E-state index is 0.0330. The molecule has 1 aromatic carbocycles. The minimum Gasteiger partial charge on any atom is -0.489 e. The number of rotatable bonds is 6. The number of nitrogen functional groups attached to an aromatic ring is 2. The van der Waals surface area contributed by atoms with Gasteiger partial charge in [0.25, 0.3) is 0 Å². The largest absolute Gasteiger partial charge is 0.489 e. The Kier molecular flexibility index (Phi) is 5.55. The van der Waals surface area contributed by atoms with Crippen molar-refractivity contribution >= 4 is 24.3 Å². The van der Waals surface area contributed by atoms with Crippen LogP contribution in [-0.4, -0.2) is 27.7 Å². The highest BCUT2D eigenvalue weighted by atomic mass is 32.1. The van der Waals surface area contributed by atoms with Gasteiger partial charge in [-0.3, -0.25) is 10.8 Å². The Morgan fingerprint density at radius 1 is 1.00 bits per heavy atom. The lowest BCUT2D eigenvalue weighted by Crippen LogP contribution is -2.38. The molecule has 8 heteroatoms. The smallest absolute Gasteiger partial charge is 0.152 e. The normalized spacial score (nSPS) is 22.0. The van der Waals surface area contributed by atoms with Gasteiger partial charge in [0.15, 0.2) is 4.93 Å². The number of aromatic nitrogens is 1. The number of nitrogens with two attached hydrogens (primary N) is 2. The summed E-state index contributed by atoms with van der Waals surface area (Å²) in [7, 11) is 0. The molecule has 1 fully saturated rings. The second kappa shape index (κ2) is 7.87. The summed E-state index contributed by atoms with van der Waals surface area (Å²) in [5, 5.41) is 14.8. The van der Waals surface area contributed by atoms with E-state index in [9.17, 15) is 0 Å². The average Bonchev–Trinajstić information content (AvgIpc) is 2.64. The lowest BCUT2D eigenvalue weighted by molar-refractivity contribution is 0.0608. The van der Waals surface area contributed by atoms with Crippen LogP contribution in [0.5, 0.6) is 11.5 Å². The van der Waals surface area contributed by atoms with Crippen molar-refractivity contribution in [3.63, 3.8) is 0 Å². The van der Waals surface area contributed by atoms with E-state index in [1.165, 1.54) is 0 Å². The molecule has 7 nitrogen and oxygen atoms in total. The van der Waals surface area contributed by atoms with Crippen molar-refractivity contribution < 1.29 is 9.47 Å². The first-order chi connectivity index (χ1) is 12.8. The van der Waals surface area contributed by atoms with Crippen LogP contribution in [0.15, 0.2) is 42.6 Å². The van der Waals surface area contributed by atoms with Gasteiger partial charge in [-0.1, -0.05) is 0 Å². The van der Waals surface area contributed by atoms with Crippen molar-refractivity contribution in [1.82, 2.24) is 4.98 Å². The number of nitrogens with zero attached hydrogens (tertiary/aromatic N) is 1. The molecule has 6 N–H and O–H groups in total. The van der Waals surface area contributed by atoms with Crippen molar-refractivity contribution in [2.75, 3.05) is 0 Å². The fourth-order valence-electron chi connectivity index (χ4n) is 2.99. The molecule has 0 aliphatic heterocycles. The number of hydrogen-bond acceptors (Lipinski definition) is 6. The summed E-state index contributed by atoms with van der Waals surface area (Å²) in [4.78, 5) is 3.56. The molecule has 142 valence electrons. The Morgan fingerprint density at radius 2 is 1.63 bits per heavy atom. The van der Waals surface area contributed by atoms with Crippen LogP contribution in [0.2, 0.25) is 0 Å². The van der Waals surface area contributed by atoms with E-state index >= 15 is 0 Å². The van der Waals surface area contributed by atoms with Crippen LogP contribution in [0.3, 0.4) is 0 Å². The highest BCUT2D eigenvalue weighted by Crippen LogP contribution is 2.37. The fourth-order valence-corrected chi connectivity index (χ4v) is 3.35. The van der Waals surface area contributed by atoms with Crippen molar-refractivity contribution in [3.8, 4) is 11.5 Å². The van der Waals surface area contributed by atoms with Gasteiger partial charge in [-0.2, -0.15) is 0 Å².